The minimum Gasteiger partial charge on any atom is -0.394 e. The molecule has 1 atom stereocenters. The number of rotatable bonds is 5. The van der Waals surface area contributed by atoms with E-state index in [2.05, 4.69) is 20.4 Å². The van der Waals surface area contributed by atoms with Crippen molar-refractivity contribution in [3.05, 3.63) is 23.8 Å². The van der Waals surface area contributed by atoms with Crippen molar-refractivity contribution < 1.29 is 14.6 Å². The number of carbonyl (C=O) groups is 1. The zero-order valence-electron chi connectivity index (χ0n) is 10.7. The fourth-order valence-corrected chi connectivity index (χ4v) is 1.72. The van der Waals surface area contributed by atoms with Crippen molar-refractivity contribution >= 4 is 11.7 Å². The first-order valence-corrected chi connectivity index (χ1v) is 5.73. The molecule has 2 heterocycles. The van der Waals surface area contributed by atoms with Crippen molar-refractivity contribution in [3.63, 3.8) is 0 Å². The quantitative estimate of drug-likeness (QED) is 0.731. The smallest absolute Gasteiger partial charge is 0.255 e. The summed E-state index contributed by atoms with van der Waals surface area (Å²) < 4.78 is 6.39. The molecule has 2 N–H and O–H groups in total. The summed E-state index contributed by atoms with van der Waals surface area (Å²) in [6.07, 6.45) is 2.81. The molecule has 2 aromatic heterocycles. The number of nitrogens with one attached hydrogen (secondary N) is 1. The van der Waals surface area contributed by atoms with Crippen LogP contribution in [0.1, 0.15) is 16.1 Å². The van der Waals surface area contributed by atoms with E-state index in [0.29, 0.717) is 17.0 Å². The molecule has 0 aliphatic carbocycles. The summed E-state index contributed by atoms with van der Waals surface area (Å²) >= 11 is 0. The highest BCUT2D eigenvalue weighted by atomic mass is 16.5. The van der Waals surface area contributed by atoms with Crippen LogP contribution in [0.5, 0.6) is 0 Å². The summed E-state index contributed by atoms with van der Waals surface area (Å²) in [6, 6.07) is -0.455. The van der Waals surface area contributed by atoms with Gasteiger partial charge in [-0.2, -0.15) is 10.1 Å². The van der Waals surface area contributed by atoms with Gasteiger partial charge >= 0.3 is 0 Å². The maximum absolute atomic E-state index is 12.1. The molecule has 8 nitrogen and oxygen atoms in total. The lowest BCUT2D eigenvalue weighted by atomic mass is 10.2. The van der Waals surface area contributed by atoms with Crippen molar-refractivity contribution in [2.24, 2.45) is 0 Å². The van der Waals surface area contributed by atoms with Crippen molar-refractivity contribution in [3.8, 4) is 0 Å². The summed E-state index contributed by atoms with van der Waals surface area (Å²) in [4.78, 5) is 20.1. The third-order valence-electron chi connectivity index (χ3n) is 2.71. The molecule has 0 radical (unpaired) electrons. The first-order valence-electron chi connectivity index (χ1n) is 5.73. The number of nitrogens with zero attached hydrogens (tertiary/aromatic N) is 4. The second-order valence-corrected chi connectivity index (χ2v) is 4.04. The number of ether oxygens (including phenoxy) is 1. The standard InChI is InChI=1S/C11H15N5O3/c1-7-9(3-12-11-13-6-14-16(7)11)10(18)15-8(4-17)5-19-2/h3,6,8,17H,4-5H2,1-2H3,(H,15,18). The van der Waals surface area contributed by atoms with Crippen molar-refractivity contribution in [1.82, 2.24) is 24.9 Å². The third-order valence-corrected chi connectivity index (χ3v) is 2.71. The topological polar surface area (TPSA) is 102 Å². The van der Waals surface area contributed by atoms with E-state index in [-0.39, 0.29) is 19.1 Å². The maximum Gasteiger partial charge on any atom is 0.255 e. The highest BCUT2D eigenvalue weighted by Gasteiger charge is 2.17. The van der Waals surface area contributed by atoms with Gasteiger partial charge in [0.05, 0.1) is 30.5 Å². The molecule has 1 unspecified atom stereocenters. The number of carbonyl (C=O) groups excluding carboxylic acids is 1. The molecule has 1 amide bonds. The molecule has 0 aliphatic heterocycles. The summed E-state index contributed by atoms with van der Waals surface area (Å²) in [7, 11) is 1.50. The van der Waals surface area contributed by atoms with Crippen LogP contribution in [0.4, 0.5) is 0 Å². The van der Waals surface area contributed by atoms with Crippen LogP contribution in [0, 0.1) is 6.92 Å². The third kappa shape index (κ3) is 2.69. The lowest BCUT2D eigenvalue weighted by Crippen LogP contribution is -2.41. The number of hydrogen-bond acceptors (Lipinski definition) is 6. The van der Waals surface area contributed by atoms with Crippen LogP contribution in [-0.4, -0.2) is 57.0 Å². The van der Waals surface area contributed by atoms with Gasteiger partial charge in [-0.3, -0.25) is 4.79 Å². The van der Waals surface area contributed by atoms with Gasteiger partial charge < -0.3 is 15.2 Å². The maximum atomic E-state index is 12.1. The number of aryl methyl sites for hydroxylation is 1. The Labute approximate surface area is 109 Å². The molecular formula is C11H15N5O3. The Hall–Kier alpha value is -2.06. The average molecular weight is 265 g/mol. The van der Waals surface area contributed by atoms with Gasteiger partial charge in [-0.25, -0.2) is 9.50 Å². The molecule has 19 heavy (non-hydrogen) atoms. The monoisotopic (exact) mass is 265 g/mol. The number of amides is 1. The number of aliphatic hydroxyl groups excluding tert-OH is 1. The Morgan fingerprint density at radius 1 is 1.58 bits per heavy atom. The lowest BCUT2D eigenvalue weighted by Gasteiger charge is -2.15. The van der Waals surface area contributed by atoms with Crippen LogP contribution in [-0.2, 0) is 4.74 Å². The molecule has 2 aromatic rings. The van der Waals surface area contributed by atoms with Crippen molar-refractivity contribution in [1.29, 1.82) is 0 Å². The first-order chi connectivity index (χ1) is 9.17. The van der Waals surface area contributed by atoms with Gasteiger partial charge in [0.15, 0.2) is 0 Å². The Morgan fingerprint density at radius 3 is 3.05 bits per heavy atom. The van der Waals surface area contributed by atoms with Crippen LogP contribution in [0.3, 0.4) is 0 Å². The molecule has 102 valence electrons. The number of fused-ring (bicyclic) bond motifs is 1. The molecule has 0 saturated heterocycles. The van der Waals surface area contributed by atoms with E-state index >= 15 is 0 Å². The predicted molar refractivity (Wildman–Crippen MR) is 65.7 cm³/mol. The highest BCUT2D eigenvalue weighted by molar-refractivity contribution is 5.95. The number of aliphatic hydroxyl groups is 1. The van der Waals surface area contributed by atoms with E-state index in [1.165, 1.54) is 24.1 Å². The van der Waals surface area contributed by atoms with Gasteiger partial charge in [-0.15, -0.1) is 0 Å². The van der Waals surface area contributed by atoms with Crippen LogP contribution < -0.4 is 5.32 Å². The Bertz CT molecular complexity index is 583. The second kappa shape index (κ2) is 5.72. The normalized spacial score (nSPS) is 12.6. The molecule has 0 saturated carbocycles. The average Bonchev–Trinajstić information content (AvgIpc) is 2.87. The molecule has 0 bridgehead atoms. The number of hydrogen-bond donors (Lipinski definition) is 2. The van der Waals surface area contributed by atoms with Gasteiger partial charge in [0, 0.05) is 13.3 Å². The largest absolute Gasteiger partial charge is 0.394 e. The van der Waals surface area contributed by atoms with Gasteiger partial charge in [-0.1, -0.05) is 0 Å². The van der Waals surface area contributed by atoms with Crippen molar-refractivity contribution in [2.45, 2.75) is 13.0 Å². The summed E-state index contributed by atoms with van der Waals surface area (Å²) in [5.74, 6) is 0.100. The lowest BCUT2D eigenvalue weighted by molar-refractivity contribution is 0.0838. The summed E-state index contributed by atoms with van der Waals surface area (Å²) in [5.41, 5.74) is 1.02. The Kier molecular flexibility index (Phi) is 4.03. The van der Waals surface area contributed by atoms with E-state index in [1.807, 2.05) is 0 Å². The molecule has 2 rings (SSSR count). The van der Waals surface area contributed by atoms with E-state index in [0.717, 1.165) is 0 Å². The molecular weight excluding hydrogens is 250 g/mol. The van der Waals surface area contributed by atoms with E-state index < -0.39 is 6.04 Å². The van der Waals surface area contributed by atoms with Crippen LogP contribution in [0.2, 0.25) is 0 Å². The van der Waals surface area contributed by atoms with E-state index in [1.54, 1.807) is 6.92 Å². The molecule has 0 aromatic carbocycles. The van der Waals surface area contributed by atoms with Gasteiger partial charge in [0.25, 0.3) is 11.7 Å². The van der Waals surface area contributed by atoms with Crippen LogP contribution >= 0.6 is 0 Å². The van der Waals surface area contributed by atoms with Gasteiger partial charge in [0.2, 0.25) is 0 Å². The van der Waals surface area contributed by atoms with Gasteiger partial charge in [-0.05, 0) is 6.92 Å². The molecule has 8 heteroatoms. The van der Waals surface area contributed by atoms with Crippen LogP contribution in [0.15, 0.2) is 12.5 Å². The predicted octanol–water partition coefficient (Wildman–Crippen LogP) is -0.830. The molecule has 0 aliphatic rings. The van der Waals surface area contributed by atoms with E-state index in [4.69, 9.17) is 9.84 Å². The fourth-order valence-electron chi connectivity index (χ4n) is 1.72. The fraction of sp³-hybridized carbons (Fsp3) is 0.455. The second-order valence-electron chi connectivity index (χ2n) is 4.04. The minimum absolute atomic E-state index is 0.197. The molecule has 0 fully saturated rings. The van der Waals surface area contributed by atoms with Crippen molar-refractivity contribution in [2.75, 3.05) is 20.3 Å². The number of methoxy groups -OCH3 is 1. The van der Waals surface area contributed by atoms with Gasteiger partial charge in [0.1, 0.15) is 6.33 Å². The summed E-state index contributed by atoms with van der Waals surface area (Å²) in [5, 5.41) is 15.8. The highest BCUT2D eigenvalue weighted by Crippen LogP contribution is 2.07. The zero-order chi connectivity index (χ0) is 13.8. The first kappa shape index (κ1) is 13.4. The zero-order valence-corrected chi connectivity index (χ0v) is 10.7. The summed E-state index contributed by atoms with van der Waals surface area (Å²) in [6.45, 7) is 1.79. The molecule has 0 spiro atoms. The minimum atomic E-state index is -0.455. The Morgan fingerprint density at radius 2 is 2.37 bits per heavy atom. The van der Waals surface area contributed by atoms with Crippen LogP contribution in [0.25, 0.3) is 5.78 Å². The SMILES string of the molecule is COCC(CO)NC(=O)c1cnc2ncnn2c1C. The number of aromatic nitrogens is 4. The Balaban J connectivity index is 2.23. The van der Waals surface area contributed by atoms with E-state index in [9.17, 15) is 4.79 Å².